The van der Waals surface area contributed by atoms with E-state index in [0.29, 0.717) is 22.9 Å². The van der Waals surface area contributed by atoms with Crippen molar-refractivity contribution in [1.82, 2.24) is 4.98 Å². The van der Waals surface area contributed by atoms with Crippen LogP contribution >= 0.6 is 0 Å². The van der Waals surface area contributed by atoms with Crippen molar-refractivity contribution in [1.29, 1.82) is 0 Å². The smallest absolute Gasteiger partial charge is 0.336 e. The van der Waals surface area contributed by atoms with Crippen molar-refractivity contribution >= 4 is 11.0 Å². The lowest BCUT2D eigenvalue weighted by Crippen LogP contribution is -1.99. The molecule has 0 spiro atoms. The molecule has 0 N–H and O–H groups in total. The van der Waals surface area contributed by atoms with Gasteiger partial charge in [-0.15, -0.1) is 0 Å². The second-order valence-corrected chi connectivity index (χ2v) is 6.07. The number of hydrogen-bond donors (Lipinski definition) is 0. The largest absolute Gasteiger partial charge is 0.497 e. The molecule has 2 heterocycles. The molecule has 4 rings (SSSR count). The van der Waals surface area contributed by atoms with Crippen LogP contribution in [-0.2, 0) is 6.61 Å². The molecule has 2 aromatic heterocycles. The Bertz CT molecular complexity index is 1140. The van der Waals surface area contributed by atoms with E-state index in [1.807, 2.05) is 43.3 Å². The number of ether oxygens (including phenoxy) is 2. The predicted molar refractivity (Wildman–Crippen MR) is 100 cm³/mol. The minimum absolute atomic E-state index is 0.237. The number of methoxy groups -OCH3 is 1. The summed E-state index contributed by atoms with van der Waals surface area (Å²) in [5.41, 5.74) is 2.50. The molecular formula is C21H17NO5. The molecule has 27 heavy (non-hydrogen) atoms. The van der Waals surface area contributed by atoms with Crippen LogP contribution in [-0.4, -0.2) is 12.1 Å². The molecule has 6 heteroatoms. The monoisotopic (exact) mass is 363 g/mol. The van der Waals surface area contributed by atoms with Crippen LogP contribution < -0.4 is 15.1 Å². The Morgan fingerprint density at radius 3 is 2.59 bits per heavy atom. The van der Waals surface area contributed by atoms with E-state index in [2.05, 4.69) is 4.98 Å². The van der Waals surface area contributed by atoms with Crippen molar-refractivity contribution in [2.24, 2.45) is 0 Å². The fourth-order valence-corrected chi connectivity index (χ4v) is 2.79. The highest BCUT2D eigenvalue weighted by Crippen LogP contribution is 2.24. The van der Waals surface area contributed by atoms with Gasteiger partial charge in [-0.05, 0) is 48.9 Å². The lowest BCUT2D eigenvalue weighted by atomic mass is 10.1. The first-order valence-electron chi connectivity index (χ1n) is 8.38. The van der Waals surface area contributed by atoms with E-state index in [9.17, 15) is 4.79 Å². The van der Waals surface area contributed by atoms with Gasteiger partial charge in [-0.1, -0.05) is 0 Å². The first-order chi connectivity index (χ1) is 13.1. The van der Waals surface area contributed by atoms with E-state index >= 15 is 0 Å². The summed E-state index contributed by atoms with van der Waals surface area (Å²) in [6.07, 6.45) is 1.56. The van der Waals surface area contributed by atoms with Gasteiger partial charge in [0.05, 0.1) is 7.11 Å². The standard InChI is InChI=1S/C21H17NO5/c1-13-9-20(23)27-19-10-17(7-8-18(13)19)25-11-15-12-26-21(22-15)14-3-5-16(24-2)6-4-14/h3-10,12H,11H2,1-2H3. The molecule has 4 aromatic rings. The number of aromatic nitrogens is 1. The summed E-state index contributed by atoms with van der Waals surface area (Å²) in [6, 6.07) is 14.3. The van der Waals surface area contributed by atoms with Gasteiger partial charge in [-0.3, -0.25) is 0 Å². The van der Waals surface area contributed by atoms with Gasteiger partial charge in [0, 0.05) is 23.1 Å². The fourth-order valence-electron chi connectivity index (χ4n) is 2.79. The van der Waals surface area contributed by atoms with Crippen molar-refractivity contribution in [3.05, 3.63) is 76.5 Å². The third-order valence-corrected chi connectivity index (χ3v) is 4.20. The Labute approximate surface area is 155 Å². The maximum atomic E-state index is 11.5. The minimum atomic E-state index is -0.377. The summed E-state index contributed by atoms with van der Waals surface area (Å²) in [5, 5.41) is 0.880. The maximum absolute atomic E-state index is 11.5. The molecule has 0 aliphatic rings. The second kappa shape index (κ2) is 6.99. The molecule has 0 bridgehead atoms. The first kappa shape index (κ1) is 16.9. The lowest BCUT2D eigenvalue weighted by molar-refractivity contribution is 0.301. The summed E-state index contributed by atoms with van der Waals surface area (Å²) in [4.78, 5) is 16.0. The summed E-state index contributed by atoms with van der Waals surface area (Å²) >= 11 is 0. The van der Waals surface area contributed by atoms with Crippen LogP contribution in [0, 0.1) is 6.92 Å². The minimum Gasteiger partial charge on any atom is -0.497 e. The third-order valence-electron chi connectivity index (χ3n) is 4.20. The second-order valence-electron chi connectivity index (χ2n) is 6.07. The van der Waals surface area contributed by atoms with Crippen molar-refractivity contribution in [3.63, 3.8) is 0 Å². The molecule has 0 amide bonds. The molecule has 2 aromatic carbocycles. The molecule has 0 radical (unpaired) electrons. The number of rotatable bonds is 5. The highest BCUT2D eigenvalue weighted by Gasteiger charge is 2.09. The van der Waals surface area contributed by atoms with Gasteiger partial charge in [0.2, 0.25) is 5.89 Å². The Morgan fingerprint density at radius 2 is 1.81 bits per heavy atom. The number of benzene rings is 2. The van der Waals surface area contributed by atoms with Gasteiger partial charge >= 0.3 is 5.63 Å². The van der Waals surface area contributed by atoms with Gasteiger partial charge in [0.1, 0.15) is 35.6 Å². The molecule has 6 nitrogen and oxygen atoms in total. The number of aryl methyl sites for hydroxylation is 1. The van der Waals surface area contributed by atoms with E-state index in [-0.39, 0.29) is 12.2 Å². The summed E-state index contributed by atoms with van der Waals surface area (Å²) in [6.45, 7) is 2.11. The zero-order chi connectivity index (χ0) is 18.8. The van der Waals surface area contributed by atoms with Crippen molar-refractivity contribution in [3.8, 4) is 23.0 Å². The van der Waals surface area contributed by atoms with Crippen LogP contribution in [0.15, 0.2) is 68.4 Å². The first-order valence-corrected chi connectivity index (χ1v) is 8.38. The Morgan fingerprint density at radius 1 is 1.04 bits per heavy atom. The summed E-state index contributed by atoms with van der Waals surface area (Å²) in [5.74, 6) is 1.87. The van der Waals surface area contributed by atoms with Crippen molar-refractivity contribution in [2.75, 3.05) is 7.11 Å². The van der Waals surface area contributed by atoms with E-state index in [0.717, 1.165) is 22.3 Å². The predicted octanol–water partition coefficient (Wildman–Crippen LogP) is 4.34. The maximum Gasteiger partial charge on any atom is 0.336 e. The summed E-state index contributed by atoms with van der Waals surface area (Å²) < 4.78 is 21.7. The number of hydrogen-bond acceptors (Lipinski definition) is 6. The van der Waals surface area contributed by atoms with Gasteiger partial charge in [0.15, 0.2) is 0 Å². The molecule has 136 valence electrons. The third kappa shape index (κ3) is 3.55. The fraction of sp³-hybridized carbons (Fsp3) is 0.143. The highest BCUT2D eigenvalue weighted by atomic mass is 16.5. The zero-order valence-electron chi connectivity index (χ0n) is 14.9. The Kier molecular flexibility index (Phi) is 4.38. The molecule has 0 saturated heterocycles. The van der Waals surface area contributed by atoms with Gasteiger partial charge in [-0.25, -0.2) is 9.78 Å². The van der Waals surface area contributed by atoms with Crippen LogP contribution in [0.1, 0.15) is 11.3 Å². The van der Waals surface area contributed by atoms with Crippen LogP contribution in [0.25, 0.3) is 22.4 Å². The normalized spacial score (nSPS) is 10.9. The number of nitrogens with zero attached hydrogens (tertiary/aromatic N) is 1. The Balaban J connectivity index is 1.49. The van der Waals surface area contributed by atoms with Gasteiger partial charge in [0.25, 0.3) is 0 Å². The molecule has 0 fully saturated rings. The number of oxazole rings is 1. The Hall–Kier alpha value is -3.54. The molecule has 0 aliphatic carbocycles. The van der Waals surface area contributed by atoms with E-state index < -0.39 is 0 Å². The van der Waals surface area contributed by atoms with Gasteiger partial charge in [-0.2, -0.15) is 0 Å². The summed E-state index contributed by atoms with van der Waals surface area (Å²) in [7, 11) is 1.62. The van der Waals surface area contributed by atoms with Crippen LogP contribution in [0.4, 0.5) is 0 Å². The van der Waals surface area contributed by atoms with E-state index in [1.54, 1.807) is 19.4 Å². The van der Waals surface area contributed by atoms with Gasteiger partial charge < -0.3 is 18.3 Å². The van der Waals surface area contributed by atoms with Crippen LogP contribution in [0.2, 0.25) is 0 Å². The average molecular weight is 363 g/mol. The van der Waals surface area contributed by atoms with Crippen LogP contribution in [0.5, 0.6) is 11.5 Å². The molecule has 0 saturated carbocycles. The molecule has 0 aliphatic heterocycles. The highest BCUT2D eigenvalue weighted by molar-refractivity contribution is 5.81. The average Bonchev–Trinajstić information content (AvgIpc) is 3.15. The SMILES string of the molecule is COc1ccc(-c2nc(COc3ccc4c(C)cc(=O)oc4c3)co2)cc1. The topological polar surface area (TPSA) is 74.7 Å². The van der Waals surface area contributed by atoms with Crippen LogP contribution in [0.3, 0.4) is 0 Å². The van der Waals surface area contributed by atoms with Crippen molar-refractivity contribution in [2.45, 2.75) is 13.5 Å². The molecule has 0 unspecified atom stereocenters. The zero-order valence-corrected chi connectivity index (χ0v) is 14.9. The quantitative estimate of drug-likeness (QED) is 0.491. The molecule has 0 atom stereocenters. The number of fused-ring (bicyclic) bond motifs is 1. The molecular weight excluding hydrogens is 346 g/mol. The van der Waals surface area contributed by atoms with E-state index in [1.165, 1.54) is 6.07 Å². The van der Waals surface area contributed by atoms with E-state index in [4.69, 9.17) is 18.3 Å². The lowest BCUT2D eigenvalue weighted by Gasteiger charge is -2.06. The van der Waals surface area contributed by atoms with Crippen molar-refractivity contribution < 1.29 is 18.3 Å².